The molecule has 0 aliphatic heterocycles. The summed E-state index contributed by atoms with van der Waals surface area (Å²) in [5.74, 6) is -0.0726. The zero-order valence-electron chi connectivity index (χ0n) is 10.6. The summed E-state index contributed by atoms with van der Waals surface area (Å²) in [5.41, 5.74) is 8.46. The molecule has 0 saturated heterocycles. The highest BCUT2D eigenvalue weighted by molar-refractivity contribution is 6.08. The zero-order chi connectivity index (χ0) is 13.1. The fourth-order valence-electron chi connectivity index (χ4n) is 1.78. The van der Waals surface area contributed by atoms with Crippen molar-refractivity contribution in [1.29, 1.82) is 0 Å². The van der Waals surface area contributed by atoms with Gasteiger partial charge in [-0.3, -0.25) is 4.79 Å². The van der Waals surface area contributed by atoms with Gasteiger partial charge in [-0.05, 0) is 37.1 Å². The van der Waals surface area contributed by atoms with Gasteiger partial charge in [0.05, 0.1) is 6.20 Å². The minimum Gasteiger partial charge on any atom is -0.399 e. The van der Waals surface area contributed by atoms with E-state index in [-0.39, 0.29) is 5.78 Å². The van der Waals surface area contributed by atoms with Gasteiger partial charge in [-0.25, -0.2) is 4.68 Å². The number of benzene rings is 1. The number of carbonyl (C=O) groups is 1. The van der Waals surface area contributed by atoms with E-state index in [1.54, 1.807) is 22.9 Å². The van der Waals surface area contributed by atoms with Crippen molar-refractivity contribution in [2.75, 3.05) is 5.73 Å². The minimum atomic E-state index is -0.0726. The van der Waals surface area contributed by atoms with Crippen molar-refractivity contribution in [3.05, 3.63) is 41.2 Å². The molecule has 0 radical (unpaired) electrons. The summed E-state index contributed by atoms with van der Waals surface area (Å²) in [5, 5.41) is 7.71. The molecule has 0 spiro atoms. The Morgan fingerprint density at radius 3 is 2.89 bits per heavy atom. The van der Waals surface area contributed by atoms with Crippen LogP contribution >= 0.6 is 0 Å². The Kier molecular flexibility index (Phi) is 3.41. The van der Waals surface area contributed by atoms with E-state index in [1.807, 2.05) is 13.8 Å². The molecule has 0 aliphatic carbocycles. The Hall–Kier alpha value is -2.17. The highest BCUT2D eigenvalue weighted by Crippen LogP contribution is 2.15. The normalized spacial score (nSPS) is 10.6. The first-order valence-electron chi connectivity index (χ1n) is 5.92. The molecule has 18 heavy (non-hydrogen) atoms. The number of nitrogens with two attached hydrogens (primary N) is 1. The number of rotatable bonds is 4. The average molecular weight is 244 g/mol. The van der Waals surface area contributed by atoms with Gasteiger partial charge in [0.15, 0.2) is 0 Å². The van der Waals surface area contributed by atoms with E-state index < -0.39 is 0 Å². The molecule has 0 amide bonds. The van der Waals surface area contributed by atoms with Crippen LogP contribution in [0.15, 0.2) is 24.4 Å². The molecular weight excluding hydrogens is 228 g/mol. The zero-order valence-corrected chi connectivity index (χ0v) is 10.6. The first-order valence-corrected chi connectivity index (χ1v) is 5.92. The van der Waals surface area contributed by atoms with E-state index in [0.29, 0.717) is 23.5 Å². The second-order valence-electron chi connectivity index (χ2n) is 4.24. The Labute approximate surface area is 106 Å². The standard InChI is InChI=1S/C13H16N4O/c1-3-6-17-12(8-15-16-17)13(18)10-4-5-11(14)9(2)7-10/h4-5,7-8H,3,6,14H2,1-2H3. The predicted molar refractivity (Wildman–Crippen MR) is 69.3 cm³/mol. The monoisotopic (exact) mass is 244 g/mol. The van der Waals surface area contributed by atoms with Crippen molar-refractivity contribution in [2.45, 2.75) is 26.8 Å². The lowest BCUT2D eigenvalue weighted by Gasteiger charge is -2.06. The molecule has 2 aromatic rings. The fraction of sp³-hybridized carbons (Fsp3) is 0.308. The lowest BCUT2D eigenvalue weighted by Crippen LogP contribution is -2.11. The van der Waals surface area contributed by atoms with E-state index in [4.69, 9.17) is 5.73 Å². The highest BCUT2D eigenvalue weighted by atomic mass is 16.1. The molecule has 0 fully saturated rings. The summed E-state index contributed by atoms with van der Waals surface area (Å²) in [4.78, 5) is 12.3. The molecule has 1 heterocycles. The van der Waals surface area contributed by atoms with Crippen LogP contribution in [0.5, 0.6) is 0 Å². The van der Waals surface area contributed by atoms with E-state index in [2.05, 4.69) is 10.3 Å². The van der Waals surface area contributed by atoms with Crippen LogP contribution in [0.25, 0.3) is 0 Å². The van der Waals surface area contributed by atoms with Crippen molar-refractivity contribution in [1.82, 2.24) is 15.0 Å². The lowest BCUT2D eigenvalue weighted by molar-refractivity contribution is 0.102. The molecule has 2 N–H and O–H groups in total. The van der Waals surface area contributed by atoms with Crippen LogP contribution in [-0.4, -0.2) is 20.8 Å². The van der Waals surface area contributed by atoms with E-state index in [1.165, 1.54) is 6.20 Å². The highest BCUT2D eigenvalue weighted by Gasteiger charge is 2.15. The second-order valence-corrected chi connectivity index (χ2v) is 4.24. The van der Waals surface area contributed by atoms with Crippen molar-refractivity contribution >= 4 is 11.5 Å². The predicted octanol–water partition coefficient (Wildman–Crippen LogP) is 1.81. The van der Waals surface area contributed by atoms with Crippen LogP contribution in [0.4, 0.5) is 5.69 Å². The Morgan fingerprint density at radius 1 is 1.44 bits per heavy atom. The van der Waals surface area contributed by atoms with Gasteiger partial charge >= 0.3 is 0 Å². The first-order chi connectivity index (χ1) is 8.63. The average Bonchev–Trinajstić information content (AvgIpc) is 2.80. The van der Waals surface area contributed by atoms with E-state index >= 15 is 0 Å². The topological polar surface area (TPSA) is 73.8 Å². The van der Waals surface area contributed by atoms with Crippen LogP contribution in [0, 0.1) is 6.92 Å². The summed E-state index contributed by atoms with van der Waals surface area (Å²) in [7, 11) is 0. The number of aromatic nitrogens is 3. The molecular formula is C13H16N4O. The van der Waals surface area contributed by atoms with Crippen molar-refractivity contribution in [3.63, 3.8) is 0 Å². The molecule has 2 rings (SSSR count). The molecule has 94 valence electrons. The first kappa shape index (κ1) is 12.3. The van der Waals surface area contributed by atoms with Crippen LogP contribution < -0.4 is 5.73 Å². The maximum atomic E-state index is 12.3. The Bertz CT molecular complexity index is 574. The number of nitrogen functional groups attached to an aromatic ring is 1. The molecule has 5 heteroatoms. The number of ketones is 1. The smallest absolute Gasteiger partial charge is 0.212 e. The molecule has 1 aromatic heterocycles. The lowest BCUT2D eigenvalue weighted by atomic mass is 10.0. The summed E-state index contributed by atoms with van der Waals surface area (Å²) < 4.78 is 1.63. The summed E-state index contributed by atoms with van der Waals surface area (Å²) in [6.07, 6.45) is 2.41. The number of hydrogen-bond donors (Lipinski definition) is 1. The molecule has 0 aliphatic rings. The van der Waals surface area contributed by atoms with E-state index in [9.17, 15) is 4.79 Å². The van der Waals surface area contributed by atoms with Gasteiger partial charge < -0.3 is 5.73 Å². The van der Waals surface area contributed by atoms with Crippen LogP contribution in [0.2, 0.25) is 0 Å². The van der Waals surface area contributed by atoms with Gasteiger partial charge in [0.1, 0.15) is 5.69 Å². The van der Waals surface area contributed by atoms with Gasteiger partial charge in [-0.1, -0.05) is 12.1 Å². The third-order valence-electron chi connectivity index (χ3n) is 2.82. The van der Waals surface area contributed by atoms with Gasteiger partial charge in [0.25, 0.3) is 0 Å². The maximum absolute atomic E-state index is 12.3. The molecule has 1 aromatic carbocycles. The van der Waals surface area contributed by atoms with Crippen LogP contribution in [-0.2, 0) is 6.54 Å². The van der Waals surface area contributed by atoms with Crippen molar-refractivity contribution < 1.29 is 4.79 Å². The quantitative estimate of drug-likeness (QED) is 0.657. The molecule has 0 unspecified atom stereocenters. The fourth-order valence-corrected chi connectivity index (χ4v) is 1.78. The number of nitrogens with zero attached hydrogens (tertiary/aromatic N) is 3. The van der Waals surface area contributed by atoms with Crippen molar-refractivity contribution in [2.24, 2.45) is 0 Å². The van der Waals surface area contributed by atoms with E-state index in [0.717, 1.165) is 12.0 Å². The van der Waals surface area contributed by atoms with Crippen LogP contribution in [0.3, 0.4) is 0 Å². The largest absolute Gasteiger partial charge is 0.399 e. The van der Waals surface area contributed by atoms with Gasteiger partial charge in [0, 0.05) is 17.8 Å². The third kappa shape index (κ3) is 2.25. The second kappa shape index (κ2) is 5.00. The molecule has 0 bridgehead atoms. The summed E-state index contributed by atoms with van der Waals surface area (Å²) in [6, 6.07) is 5.27. The van der Waals surface area contributed by atoms with Gasteiger partial charge in [0.2, 0.25) is 5.78 Å². The summed E-state index contributed by atoms with van der Waals surface area (Å²) in [6.45, 7) is 4.60. The van der Waals surface area contributed by atoms with Crippen molar-refractivity contribution in [3.8, 4) is 0 Å². The van der Waals surface area contributed by atoms with Gasteiger partial charge in [-0.2, -0.15) is 0 Å². The molecule has 0 atom stereocenters. The number of hydrogen-bond acceptors (Lipinski definition) is 4. The molecule has 5 nitrogen and oxygen atoms in total. The van der Waals surface area contributed by atoms with Gasteiger partial charge in [-0.15, -0.1) is 5.10 Å². The Morgan fingerprint density at radius 2 is 2.22 bits per heavy atom. The summed E-state index contributed by atoms with van der Waals surface area (Å²) >= 11 is 0. The Balaban J connectivity index is 2.35. The van der Waals surface area contributed by atoms with Crippen LogP contribution in [0.1, 0.15) is 35.0 Å². The SMILES string of the molecule is CCCn1nncc1C(=O)c1ccc(N)c(C)c1. The maximum Gasteiger partial charge on any atom is 0.212 e. The number of carbonyl (C=O) groups excluding carboxylic acids is 1. The minimum absolute atomic E-state index is 0.0726. The molecule has 0 saturated carbocycles. The third-order valence-corrected chi connectivity index (χ3v) is 2.82. The number of aryl methyl sites for hydroxylation is 2. The number of anilines is 1.